The molecule has 0 N–H and O–H groups in total. The summed E-state index contributed by atoms with van der Waals surface area (Å²) >= 11 is 0. The van der Waals surface area contributed by atoms with Crippen LogP contribution in [0.25, 0.3) is 11.1 Å². The second-order valence-electron chi connectivity index (χ2n) is 3.94. The molecular formula is C14H9F3O. The topological polar surface area (TPSA) is 17.1 Å². The van der Waals surface area contributed by atoms with Gasteiger partial charge in [0.2, 0.25) is 0 Å². The Bertz CT molecular complexity index is 621. The number of rotatable bonds is 2. The van der Waals surface area contributed by atoms with Crippen LogP contribution in [0, 0.1) is 24.4 Å². The zero-order valence-corrected chi connectivity index (χ0v) is 9.51. The molecule has 92 valence electrons. The summed E-state index contributed by atoms with van der Waals surface area (Å²) in [7, 11) is 0. The van der Waals surface area contributed by atoms with Gasteiger partial charge in [0.25, 0.3) is 0 Å². The van der Waals surface area contributed by atoms with Gasteiger partial charge in [-0.3, -0.25) is 4.79 Å². The van der Waals surface area contributed by atoms with Crippen LogP contribution in [0.15, 0.2) is 30.3 Å². The lowest BCUT2D eigenvalue weighted by molar-refractivity contribution is 0.112. The number of hydrogen-bond acceptors (Lipinski definition) is 1. The summed E-state index contributed by atoms with van der Waals surface area (Å²) in [5.74, 6) is -1.86. The third-order valence-corrected chi connectivity index (χ3v) is 2.68. The Morgan fingerprint density at radius 1 is 0.944 bits per heavy atom. The van der Waals surface area contributed by atoms with E-state index in [2.05, 4.69) is 0 Å². The van der Waals surface area contributed by atoms with E-state index < -0.39 is 17.5 Å². The first-order valence-electron chi connectivity index (χ1n) is 5.23. The maximum absolute atomic E-state index is 13.7. The summed E-state index contributed by atoms with van der Waals surface area (Å²) in [6.07, 6.45) is 0.335. The van der Waals surface area contributed by atoms with Gasteiger partial charge in [-0.25, -0.2) is 13.2 Å². The number of carbonyl (C=O) groups is 1. The third-order valence-electron chi connectivity index (χ3n) is 2.68. The standard InChI is InChI=1S/C14H9F3O/c1-8-4-14(17)11(6-13(8)16)9-2-3-12(15)10(5-9)7-18/h2-7H,1H3. The lowest BCUT2D eigenvalue weighted by Gasteiger charge is -2.07. The van der Waals surface area contributed by atoms with Crippen molar-refractivity contribution in [2.75, 3.05) is 0 Å². The van der Waals surface area contributed by atoms with E-state index in [1.807, 2.05) is 0 Å². The molecule has 0 radical (unpaired) electrons. The molecule has 0 aromatic heterocycles. The van der Waals surface area contributed by atoms with E-state index in [-0.39, 0.29) is 22.3 Å². The van der Waals surface area contributed by atoms with Gasteiger partial charge in [-0.2, -0.15) is 0 Å². The molecule has 18 heavy (non-hydrogen) atoms. The van der Waals surface area contributed by atoms with E-state index in [0.29, 0.717) is 6.29 Å². The van der Waals surface area contributed by atoms with Gasteiger partial charge >= 0.3 is 0 Å². The van der Waals surface area contributed by atoms with Gasteiger partial charge in [-0.05, 0) is 42.3 Å². The van der Waals surface area contributed by atoms with E-state index in [4.69, 9.17) is 0 Å². The first kappa shape index (κ1) is 12.4. The Kier molecular flexibility index (Phi) is 3.19. The fraction of sp³-hybridized carbons (Fsp3) is 0.0714. The average molecular weight is 250 g/mol. The van der Waals surface area contributed by atoms with Crippen molar-refractivity contribution >= 4 is 6.29 Å². The number of halogens is 3. The molecule has 2 aromatic carbocycles. The molecule has 0 fully saturated rings. The predicted molar refractivity (Wildman–Crippen MR) is 61.9 cm³/mol. The van der Waals surface area contributed by atoms with Crippen molar-refractivity contribution in [3.05, 3.63) is 58.9 Å². The molecular weight excluding hydrogens is 241 g/mol. The van der Waals surface area contributed by atoms with Crippen LogP contribution in [0.4, 0.5) is 13.2 Å². The second-order valence-corrected chi connectivity index (χ2v) is 3.94. The Balaban J connectivity index is 2.62. The van der Waals surface area contributed by atoms with Crippen molar-refractivity contribution < 1.29 is 18.0 Å². The van der Waals surface area contributed by atoms with Crippen LogP contribution in [-0.4, -0.2) is 6.29 Å². The highest BCUT2D eigenvalue weighted by Crippen LogP contribution is 2.26. The van der Waals surface area contributed by atoms with E-state index >= 15 is 0 Å². The van der Waals surface area contributed by atoms with E-state index in [0.717, 1.165) is 18.2 Å². The molecule has 0 heterocycles. The Morgan fingerprint density at radius 3 is 2.33 bits per heavy atom. The summed E-state index contributed by atoms with van der Waals surface area (Å²) in [5, 5.41) is 0. The zero-order chi connectivity index (χ0) is 13.3. The first-order chi connectivity index (χ1) is 8.52. The Morgan fingerprint density at radius 2 is 1.67 bits per heavy atom. The van der Waals surface area contributed by atoms with Crippen molar-refractivity contribution in [3.8, 4) is 11.1 Å². The van der Waals surface area contributed by atoms with Crippen LogP contribution in [0.3, 0.4) is 0 Å². The summed E-state index contributed by atoms with van der Waals surface area (Å²) < 4.78 is 40.2. The summed E-state index contributed by atoms with van der Waals surface area (Å²) in [4.78, 5) is 10.6. The van der Waals surface area contributed by atoms with E-state index in [9.17, 15) is 18.0 Å². The van der Waals surface area contributed by atoms with Crippen LogP contribution in [0.5, 0.6) is 0 Å². The minimum atomic E-state index is -0.693. The molecule has 0 amide bonds. The molecule has 1 nitrogen and oxygen atoms in total. The predicted octanol–water partition coefficient (Wildman–Crippen LogP) is 3.89. The van der Waals surface area contributed by atoms with Crippen LogP contribution in [-0.2, 0) is 0 Å². The molecule has 0 aliphatic carbocycles. The quantitative estimate of drug-likeness (QED) is 0.739. The lowest BCUT2D eigenvalue weighted by Crippen LogP contribution is -1.93. The summed E-state index contributed by atoms with van der Waals surface area (Å²) in [5.41, 5.74) is 0.262. The molecule has 0 atom stereocenters. The van der Waals surface area contributed by atoms with E-state index in [1.165, 1.54) is 19.1 Å². The molecule has 0 aliphatic heterocycles. The van der Waals surface area contributed by atoms with E-state index in [1.54, 1.807) is 0 Å². The van der Waals surface area contributed by atoms with Crippen LogP contribution in [0.2, 0.25) is 0 Å². The van der Waals surface area contributed by atoms with Crippen molar-refractivity contribution in [2.24, 2.45) is 0 Å². The molecule has 0 aliphatic rings. The number of aldehydes is 1. The van der Waals surface area contributed by atoms with Gasteiger partial charge in [0.1, 0.15) is 17.5 Å². The molecule has 2 aromatic rings. The second kappa shape index (κ2) is 4.64. The normalized spacial score (nSPS) is 10.4. The maximum Gasteiger partial charge on any atom is 0.153 e. The minimum absolute atomic E-state index is 0.00111. The number of aryl methyl sites for hydroxylation is 1. The third kappa shape index (κ3) is 2.14. The molecule has 0 unspecified atom stereocenters. The Labute approximate surface area is 102 Å². The van der Waals surface area contributed by atoms with Crippen LogP contribution >= 0.6 is 0 Å². The van der Waals surface area contributed by atoms with Crippen molar-refractivity contribution in [1.82, 2.24) is 0 Å². The van der Waals surface area contributed by atoms with Gasteiger partial charge in [-0.1, -0.05) is 6.07 Å². The SMILES string of the molecule is Cc1cc(F)c(-c2ccc(F)c(C=O)c2)cc1F. The van der Waals surface area contributed by atoms with Crippen molar-refractivity contribution in [3.63, 3.8) is 0 Å². The fourth-order valence-electron chi connectivity index (χ4n) is 1.67. The van der Waals surface area contributed by atoms with Crippen molar-refractivity contribution in [2.45, 2.75) is 6.92 Å². The average Bonchev–Trinajstić information content (AvgIpc) is 2.35. The highest BCUT2D eigenvalue weighted by molar-refractivity contribution is 5.79. The zero-order valence-electron chi connectivity index (χ0n) is 9.51. The van der Waals surface area contributed by atoms with Crippen LogP contribution in [0.1, 0.15) is 15.9 Å². The molecule has 2 rings (SSSR count). The monoisotopic (exact) mass is 250 g/mol. The number of benzene rings is 2. The smallest absolute Gasteiger partial charge is 0.153 e. The van der Waals surface area contributed by atoms with Crippen molar-refractivity contribution in [1.29, 1.82) is 0 Å². The maximum atomic E-state index is 13.7. The summed E-state index contributed by atoms with van der Waals surface area (Å²) in [6, 6.07) is 5.64. The molecule has 0 bridgehead atoms. The molecule has 0 saturated heterocycles. The van der Waals surface area contributed by atoms with Gasteiger partial charge < -0.3 is 0 Å². The largest absolute Gasteiger partial charge is 0.298 e. The molecule has 0 saturated carbocycles. The van der Waals surface area contributed by atoms with Gasteiger partial charge in [0.05, 0.1) is 5.56 Å². The molecule has 0 spiro atoms. The lowest BCUT2D eigenvalue weighted by atomic mass is 10.0. The van der Waals surface area contributed by atoms with Gasteiger partial charge in [0, 0.05) is 5.56 Å². The molecule has 4 heteroatoms. The summed E-state index contributed by atoms with van der Waals surface area (Å²) in [6.45, 7) is 1.45. The first-order valence-corrected chi connectivity index (χ1v) is 5.23. The Hall–Kier alpha value is -2.10. The minimum Gasteiger partial charge on any atom is -0.298 e. The van der Waals surface area contributed by atoms with Gasteiger partial charge in [0.15, 0.2) is 6.29 Å². The highest BCUT2D eigenvalue weighted by Gasteiger charge is 2.11. The number of hydrogen-bond donors (Lipinski definition) is 0. The fourth-order valence-corrected chi connectivity index (χ4v) is 1.67. The van der Waals surface area contributed by atoms with Crippen LogP contribution < -0.4 is 0 Å². The van der Waals surface area contributed by atoms with Gasteiger partial charge in [-0.15, -0.1) is 0 Å². The highest BCUT2D eigenvalue weighted by atomic mass is 19.1. The number of carbonyl (C=O) groups excluding carboxylic acids is 1.